The van der Waals surface area contributed by atoms with Crippen molar-refractivity contribution in [1.82, 2.24) is 4.90 Å². The van der Waals surface area contributed by atoms with Crippen LogP contribution in [0.4, 0.5) is 0 Å². The summed E-state index contributed by atoms with van der Waals surface area (Å²) in [6.07, 6.45) is 4.24. The predicted octanol–water partition coefficient (Wildman–Crippen LogP) is 3.73. The van der Waals surface area contributed by atoms with E-state index in [2.05, 4.69) is 19.0 Å². The number of methoxy groups -OCH3 is 1. The van der Waals surface area contributed by atoms with E-state index in [0.717, 1.165) is 37.1 Å². The molecule has 0 amide bonds. The maximum atomic E-state index is 11.2. The van der Waals surface area contributed by atoms with Crippen LogP contribution in [0.25, 0.3) is 0 Å². The van der Waals surface area contributed by atoms with E-state index < -0.39 is 11.6 Å². The SMILES string of the molecule is COc1cccc(C2(O)CCCCC2CN(C)C)c1.O=C(O)c1ccccc1O. The number of rotatable bonds is 5. The third kappa shape index (κ3) is 5.95. The number of carboxylic acid groups (broad SMARTS) is 1. The molecule has 1 aliphatic rings. The van der Waals surface area contributed by atoms with Crippen molar-refractivity contribution in [1.29, 1.82) is 0 Å². The molecule has 0 spiro atoms. The molecule has 0 heterocycles. The normalized spacial score (nSPS) is 21.2. The predicted molar refractivity (Wildman–Crippen MR) is 112 cm³/mol. The number of aliphatic hydroxyl groups is 1. The lowest BCUT2D eigenvalue weighted by molar-refractivity contribution is -0.0619. The molecule has 158 valence electrons. The average Bonchev–Trinajstić information content (AvgIpc) is 2.70. The van der Waals surface area contributed by atoms with Gasteiger partial charge in [-0.15, -0.1) is 0 Å². The Balaban J connectivity index is 0.000000253. The molecule has 0 aromatic heterocycles. The van der Waals surface area contributed by atoms with Gasteiger partial charge in [0.25, 0.3) is 0 Å². The van der Waals surface area contributed by atoms with Crippen LogP contribution in [0.3, 0.4) is 0 Å². The average molecular weight is 402 g/mol. The molecule has 29 heavy (non-hydrogen) atoms. The summed E-state index contributed by atoms with van der Waals surface area (Å²) in [7, 11) is 5.81. The van der Waals surface area contributed by atoms with Gasteiger partial charge in [-0.3, -0.25) is 0 Å². The van der Waals surface area contributed by atoms with Gasteiger partial charge in [0.15, 0.2) is 0 Å². The zero-order chi connectivity index (χ0) is 21.4. The van der Waals surface area contributed by atoms with Gasteiger partial charge >= 0.3 is 5.97 Å². The Kier molecular flexibility index (Phi) is 8.05. The summed E-state index contributed by atoms with van der Waals surface area (Å²) in [5, 5.41) is 28.5. The molecule has 0 aliphatic heterocycles. The van der Waals surface area contributed by atoms with Crippen molar-refractivity contribution in [2.24, 2.45) is 5.92 Å². The Morgan fingerprint density at radius 3 is 2.48 bits per heavy atom. The number of carboxylic acids is 1. The van der Waals surface area contributed by atoms with Crippen LogP contribution in [0.5, 0.6) is 11.5 Å². The van der Waals surface area contributed by atoms with E-state index in [9.17, 15) is 9.90 Å². The van der Waals surface area contributed by atoms with Crippen LogP contribution in [-0.4, -0.2) is 53.9 Å². The summed E-state index contributed by atoms with van der Waals surface area (Å²) in [6, 6.07) is 13.7. The summed E-state index contributed by atoms with van der Waals surface area (Å²) >= 11 is 0. The maximum Gasteiger partial charge on any atom is 0.339 e. The zero-order valence-corrected chi connectivity index (χ0v) is 17.3. The first-order chi connectivity index (χ1) is 13.8. The van der Waals surface area contributed by atoms with Crippen molar-refractivity contribution in [2.75, 3.05) is 27.7 Å². The molecule has 1 saturated carbocycles. The smallest absolute Gasteiger partial charge is 0.339 e. The standard InChI is InChI=1S/C16H25NO2.C7H6O3/c1-17(2)12-14-7-4-5-10-16(14,18)13-8-6-9-15(11-13)19-3;8-6-4-2-1-3-5(6)7(9)10/h6,8-9,11,14,18H,4-5,7,10,12H2,1-3H3;1-4,8H,(H,9,10). The van der Waals surface area contributed by atoms with E-state index in [4.69, 9.17) is 14.9 Å². The molecule has 2 aromatic rings. The number of nitrogens with zero attached hydrogens (tertiary/aromatic N) is 1. The second-order valence-corrected chi connectivity index (χ2v) is 7.68. The number of hydrogen-bond donors (Lipinski definition) is 3. The highest BCUT2D eigenvalue weighted by Gasteiger charge is 2.40. The van der Waals surface area contributed by atoms with Crippen LogP contribution in [-0.2, 0) is 5.60 Å². The molecule has 2 aromatic carbocycles. The number of aromatic carboxylic acids is 1. The number of hydrogen-bond acceptors (Lipinski definition) is 5. The molecule has 3 N–H and O–H groups in total. The van der Waals surface area contributed by atoms with Gasteiger partial charge < -0.3 is 25.0 Å². The summed E-state index contributed by atoms with van der Waals surface area (Å²) < 4.78 is 5.29. The Morgan fingerprint density at radius 2 is 1.90 bits per heavy atom. The highest BCUT2D eigenvalue weighted by Crippen LogP contribution is 2.42. The minimum Gasteiger partial charge on any atom is -0.507 e. The van der Waals surface area contributed by atoms with E-state index in [0.29, 0.717) is 5.92 Å². The van der Waals surface area contributed by atoms with Crippen molar-refractivity contribution in [2.45, 2.75) is 31.3 Å². The van der Waals surface area contributed by atoms with Crippen LogP contribution < -0.4 is 4.74 Å². The first kappa shape index (κ1) is 22.7. The number of benzene rings is 2. The monoisotopic (exact) mass is 401 g/mol. The second-order valence-electron chi connectivity index (χ2n) is 7.68. The van der Waals surface area contributed by atoms with E-state index >= 15 is 0 Å². The van der Waals surface area contributed by atoms with Gasteiger partial charge in [-0.2, -0.15) is 0 Å². The van der Waals surface area contributed by atoms with E-state index in [1.807, 2.05) is 24.3 Å². The van der Waals surface area contributed by atoms with Gasteiger partial charge in [0.2, 0.25) is 0 Å². The molecular weight excluding hydrogens is 370 g/mol. The molecular formula is C23H31NO5. The number of aromatic hydroxyl groups is 1. The van der Waals surface area contributed by atoms with Crippen molar-refractivity contribution in [3.63, 3.8) is 0 Å². The third-order valence-corrected chi connectivity index (χ3v) is 5.33. The van der Waals surface area contributed by atoms with Gasteiger partial charge in [0, 0.05) is 12.5 Å². The molecule has 2 atom stereocenters. The molecule has 2 unspecified atom stereocenters. The number of ether oxygens (including phenoxy) is 1. The number of carbonyl (C=O) groups is 1. The van der Waals surface area contributed by atoms with Crippen LogP contribution in [0.2, 0.25) is 0 Å². The van der Waals surface area contributed by atoms with Gasteiger partial charge in [-0.1, -0.05) is 37.1 Å². The van der Waals surface area contributed by atoms with Crippen molar-refractivity contribution in [3.05, 3.63) is 59.7 Å². The van der Waals surface area contributed by atoms with Crippen molar-refractivity contribution < 1.29 is 24.9 Å². The van der Waals surface area contributed by atoms with Gasteiger partial charge in [0.05, 0.1) is 12.7 Å². The van der Waals surface area contributed by atoms with Crippen LogP contribution in [0, 0.1) is 5.92 Å². The lowest BCUT2D eigenvalue weighted by Gasteiger charge is -2.41. The van der Waals surface area contributed by atoms with E-state index in [-0.39, 0.29) is 11.3 Å². The molecule has 1 fully saturated rings. The summed E-state index contributed by atoms with van der Waals surface area (Å²) in [5.74, 6) is -0.198. The van der Waals surface area contributed by atoms with Crippen LogP contribution >= 0.6 is 0 Å². The van der Waals surface area contributed by atoms with Gasteiger partial charge in [0.1, 0.15) is 17.1 Å². The van der Waals surface area contributed by atoms with Crippen molar-refractivity contribution >= 4 is 5.97 Å². The Labute approximate surface area is 172 Å². The molecule has 1 aliphatic carbocycles. The lowest BCUT2D eigenvalue weighted by Crippen LogP contribution is -2.43. The minimum atomic E-state index is -1.11. The fourth-order valence-electron chi connectivity index (χ4n) is 3.84. The molecule has 6 heteroatoms. The van der Waals surface area contributed by atoms with E-state index in [1.165, 1.54) is 18.6 Å². The highest BCUT2D eigenvalue weighted by atomic mass is 16.5. The quantitative estimate of drug-likeness (QED) is 0.707. The lowest BCUT2D eigenvalue weighted by atomic mass is 9.71. The van der Waals surface area contributed by atoms with Gasteiger partial charge in [-0.05, 0) is 56.8 Å². The first-order valence-corrected chi connectivity index (χ1v) is 9.81. The minimum absolute atomic E-state index is 0.0671. The maximum absolute atomic E-state index is 11.2. The number of para-hydroxylation sites is 1. The largest absolute Gasteiger partial charge is 0.507 e. The second kappa shape index (κ2) is 10.3. The third-order valence-electron chi connectivity index (χ3n) is 5.33. The van der Waals surface area contributed by atoms with Gasteiger partial charge in [-0.25, -0.2) is 4.79 Å². The van der Waals surface area contributed by atoms with Crippen LogP contribution in [0.1, 0.15) is 41.6 Å². The highest BCUT2D eigenvalue weighted by molar-refractivity contribution is 5.90. The molecule has 0 bridgehead atoms. The summed E-state index contributed by atoms with van der Waals surface area (Å²) in [5.41, 5.74) is 0.220. The Bertz CT molecular complexity index is 807. The Morgan fingerprint density at radius 1 is 1.17 bits per heavy atom. The number of phenols is 1. The molecule has 6 nitrogen and oxygen atoms in total. The molecule has 0 radical (unpaired) electrons. The fourth-order valence-corrected chi connectivity index (χ4v) is 3.84. The molecule has 3 rings (SSSR count). The molecule has 0 saturated heterocycles. The summed E-state index contributed by atoms with van der Waals surface area (Å²) in [6.45, 7) is 0.924. The van der Waals surface area contributed by atoms with Crippen molar-refractivity contribution in [3.8, 4) is 11.5 Å². The first-order valence-electron chi connectivity index (χ1n) is 9.81. The fraction of sp³-hybridized carbons (Fsp3) is 0.435. The Hall–Kier alpha value is -2.57. The summed E-state index contributed by atoms with van der Waals surface area (Å²) in [4.78, 5) is 12.4. The zero-order valence-electron chi connectivity index (χ0n) is 17.3. The van der Waals surface area contributed by atoms with E-state index in [1.54, 1.807) is 19.2 Å². The van der Waals surface area contributed by atoms with Crippen LogP contribution in [0.15, 0.2) is 48.5 Å². The topological polar surface area (TPSA) is 90.2 Å².